The topological polar surface area (TPSA) is 117 Å². The van der Waals surface area contributed by atoms with Crippen molar-refractivity contribution in [3.63, 3.8) is 0 Å². The standard InChI is InChI=1S/C22H22N6O2S/c1-14(24)16(12-23)18(29)13-31-22-25-20-19(17-10-6-3-7-11-27(17)22)21(30)28(26-20)15-8-4-2-5-9-15/h2,4-5,8-9,16,24H,3,6-7,10-11,13H2,1H3. The molecule has 0 saturated heterocycles. The van der Waals surface area contributed by atoms with Crippen molar-refractivity contribution in [2.24, 2.45) is 5.92 Å². The van der Waals surface area contributed by atoms with Gasteiger partial charge in [-0.25, -0.2) is 4.98 Å². The summed E-state index contributed by atoms with van der Waals surface area (Å²) in [5, 5.41) is 21.9. The predicted molar refractivity (Wildman–Crippen MR) is 118 cm³/mol. The highest BCUT2D eigenvalue weighted by molar-refractivity contribution is 7.99. The van der Waals surface area contributed by atoms with E-state index in [9.17, 15) is 14.9 Å². The van der Waals surface area contributed by atoms with Crippen LogP contribution in [-0.2, 0) is 17.8 Å². The molecule has 4 rings (SSSR count). The number of carbonyl (C=O) groups is 1. The molecule has 3 heterocycles. The van der Waals surface area contributed by atoms with E-state index in [0.717, 1.165) is 37.9 Å². The smallest absolute Gasteiger partial charge is 0.284 e. The normalized spacial score (nSPS) is 14.5. The quantitative estimate of drug-likeness (QED) is 0.362. The molecule has 1 aromatic carbocycles. The van der Waals surface area contributed by atoms with E-state index in [-0.39, 0.29) is 22.8 Å². The van der Waals surface area contributed by atoms with Gasteiger partial charge in [0.05, 0.1) is 17.5 Å². The van der Waals surface area contributed by atoms with E-state index in [4.69, 9.17) is 5.41 Å². The third kappa shape index (κ3) is 4.03. The zero-order valence-corrected chi connectivity index (χ0v) is 18.0. The summed E-state index contributed by atoms with van der Waals surface area (Å²) in [6.45, 7) is 2.18. The van der Waals surface area contributed by atoms with Gasteiger partial charge in [-0.3, -0.25) is 9.59 Å². The molecule has 0 bridgehead atoms. The molecule has 9 heteroatoms. The van der Waals surface area contributed by atoms with Gasteiger partial charge in [0, 0.05) is 18.0 Å². The van der Waals surface area contributed by atoms with Gasteiger partial charge in [-0.2, -0.15) is 9.94 Å². The van der Waals surface area contributed by atoms with Gasteiger partial charge in [0.15, 0.2) is 16.8 Å². The summed E-state index contributed by atoms with van der Waals surface area (Å²) in [7, 11) is 0. The maximum atomic E-state index is 13.2. The van der Waals surface area contributed by atoms with E-state index >= 15 is 0 Å². The lowest BCUT2D eigenvalue weighted by Gasteiger charge is -2.17. The summed E-state index contributed by atoms with van der Waals surface area (Å²) in [6, 6.07) is 11.1. The monoisotopic (exact) mass is 434 g/mol. The summed E-state index contributed by atoms with van der Waals surface area (Å²) in [4.78, 5) is 30.3. The highest BCUT2D eigenvalue weighted by Gasteiger charge is 2.28. The van der Waals surface area contributed by atoms with Crippen LogP contribution >= 0.6 is 11.8 Å². The molecule has 8 nitrogen and oxygen atoms in total. The van der Waals surface area contributed by atoms with Crippen molar-refractivity contribution in [1.29, 1.82) is 10.7 Å². The van der Waals surface area contributed by atoms with Crippen molar-refractivity contribution >= 4 is 23.3 Å². The van der Waals surface area contributed by atoms with Gasteiger partial charge in [-0.15, -0.1) is 5.10 Å². The minimum atomic E-state index is -1.04. The van der Waals surface area contributed by atoms with Crippen molar-refractivity contribution in [3.05, 3.63) is 46.4 Å². The highest BCUT2D eigenvalue weighted by Crippen LogP contribution is 2.30. The van der Waals surface area contributed by atoms with Gasteiger partial charge in [-0.05, 0) is 38.3 Å². The summed E-state index contributed by atoms with van der Waals surface area (Å²) in [5.74, 6) is -0.942. The SMILES string of the molecule is CC(=N)C(C#N)C(=O)CSc1nc2nn(-c3ccccc3)c(=O)c-2c2n1CCCCC2. The van der Waals surface area contributed by atoms with Crippen LogP contribution in [0.2, 0.25) is 0 Å². The van der Waals surface area contributed by atoms with Crippen molar-refractivity contribution in [3.8, 4) is 23.1 Å². The molecule has 1 N–H and O–H groups in total. The van der Waals surface area contributed by atoms with Crippen LogP contribution in [0.25, 0.3) is 17.1 Å². The van der Waals surface area contributed by atoms with Crippen molar-refractivity contribution in [1.82, 2.24) is 19.3 Å². The number of para-hydroxylation sites is 1. The van der Waals surface area contributed by atoms with Crippen molar-refractivity contribution in [2.75, 3.05) is 5.75 Å². The molecule has 158 valence electrons. The molecule has 0 radical (unpaired) electrons. The Labute approximate surface area is 183 Å². The zero-order valence-electron chi connectivity index (χ0n) is 17.2. The first kappa shape index (κ1) is 21.0. The average molecular weight is 435 g/mol. The zero-order chi connectivity index (χ0) is 22.0. The first-order valence-corrected chi connectivity index (χ1v) is 11.2. The lowest BCUT2D eigenvalue weighted by molar-refractivity contribution is -0.117. The van der Waals surface area contributed by atoms with Crippen LogP contribution in [-0.4, -0.2) is 36.6 Å². The fraction of sp³-hybridized carbons (Fsp3) is 0.364. The maximum Gasteiger partial charge on any atom is 0.284 e. The number of nitriles is 1. The van der Waals surface area contributed by atoms with E-state index in [2.05, 4.69) is 10.1 Å². The molecule has 31 heavy (non-hydrogen) atoms. The lowest BCUT2D eigenvalue weighted by atomic mass is 10.0. The number of hydrogen-bond donors (Lipinski definition) is 1. The van der Waals surface area contributed by atoms with Gasteiger partial charge in [-0.1, -0.05) is 36.4 Å². The van der Waals surface area contributed by atoms with Crippen LogP contribution in [0.15, 0.2) is 40.3 Å². The number of benzene rings is 1. The Hall–Kier alpha value is -3.25. The molecular weight excluding hydrogens is 412 g/mol. The van der Waals surface area contributed by atoms with Crippen molar-refractivity contribution in [2.45, 2.75) is 44.3 Å². The second-order valence-corrected chi connectivity index (χ2v) is 8.50. The third-order valence-corrected chi connectivity index (χ3v) is 6.39. The summed E-state index contributed by atoms with van der Waals surface area (Å²) in [5.41, 5.74) is 1.98. The van der Waals surface area contributed by atoms with Gasteiger partial charge < -0.3 is 9.98 Å². The second-order valence-electron chi connectivity index (χ2n) is 7.55. The Balaban J connectivity index is 1.78. The number of Topliss-reactive ketones (excluding diaryl/α,β-unsaturated/α-hetero) is 1. The molecule has 1 unspecified atom stereocenters. The fourth-order valence-corrected chi connectivity index (χ4v) is 4.78. The highest BCUT2D eigenvalue weighted by atomic mass is 32.2. The van der Waals surface area contributed by atoms with E-state index < -0.39 is 5.92 Å². The van der Waals surface area contributed by atoms with Crippen LogP contribution in [0.1, 0.15) is 31.9 Å². The number of fused-ring (bicyclic) bond motifs is 3. The molecule has 3 aliphatic heterocycles. The number of carbonyl (C=O) groups excluding carboxylic acids is 1. The number of aromatic nitrogens is 4. The van der Waals surface area contributed by atoms with Crippen LogP contribution < -0.4 is 5.56 Å². The lowest BCUT2D eigenvalue weighted by Crippen LogP contribution is -2.22. The summed E-state index contributed by atoms with van der Waals surface area (Å²) in [6.07, 6.45) is 3.74. The van der Waals surface area contributed by atoms with Gasteiger partial charge in [0.2, 0.25) is 0 Å². The molecule has 0 amide bonds. The van der Waals surface area contributed by atoms with E-state index in [1.807, 2.05) is 41.0 Å². The molecule has 0 saturated carbocycles. The first-order valence-electron chi connectivity index (χ1n) is 10.2. The van der Waals surface area contributed by atoms with E-state index in [1.54, 1.807) is 0 Å². The van der Waals surface area contributed by atoms with Crippen LogP contribution in [0.5, 0.6) is 0 Å². The minimum absolute atomic E-state index is 0.0377. The maximum absolute atomic E-state index is 13.2. The van der Waals surface area contributed by atoms with Gasteiger partial charge in [0.1, 0.15) is 11.5 Å². The number of nitrogens with zero attached hydrogens (tertiary/aromatic N) is 5. The molecule has 0 spiro atoms. The summed E-state index contributed by atoms with van der Waals surface area (Å²) >= 11 is 1.24. The Morgan fingerprint density at radius 1 is 1.29 bits per heavy atom. The average Bonchev–Trinajstić information content (AvgIpc) is 2.93. The molecule has 1 atom stereocenters. The van der Waals surface area contributed by atoms with E-state index in [1.165, 1.54) is 23.4 Å². The summed E-state index contributed by atoms with van der Waals surface area (Å²) < 4.78 is 3.41. The minimum Gasteiger partial charge on any atom is -0.324 e. The Morgan fingerprint density at radius 3 is 2.77 bits per heavy atom. The number of ketones is 1. The molecule has 0 fully saturated rings. The van der Waals surface area contributed by atoms with E-state index in [0.29, 0.717) is 22.2 Å². The van der Waals surface area contributed by atoms with Crippen molar-refractivity contribution < 1.29 is 4.79 Å². The van der Waals surface area contributed by atoms with Crippen LogP contribution in [0, 0.1) is 22.7 Å². The molecule has 0 aliphatic carbocycles. The fourth-order valence-electron chi connectivity index (χ4n) is 3.84. The molecule has 1 aromatic rings. The van der Waals surface area contributed by atoms with Gasteiger partial charge >= 0.3 is 0 Å². The number of rotatable bonds is 6. The second kappa shape index (κ2) is 8.86. The predicted octanol–water partition coefficient (Wildman–Crippen LogP) is 3.10. The van der Waals surface area contributed by atoms with Gasteiger partial charge in [0.25, 0.3) is 5.56 Å². The first-order chi connectivity index (χ1) is 15.0. The Kier molecular flexibility index (Phi) is 6.00. The third-order valence-electron chi connectivity index (χ3n) is 5.40. The Bertz CT molecular complexity index is 1210. The van der Waals surface area contributed by atoms with Crippen LogP contribution in [0.4, 0.5) is 0 Å². The number of hydrogen-bond acceptors (Lipinski definition) is 7. The molecule has 0 aromatic heterocycles. The number of nitrogens with one attached hydrogen (secondary N) is 1. The number of thioether (sulfide) groups is 1. The molecule has 3 aliphatic rings. The van der Waals surface area contributed by atoms with Crippen LogP contribution in [0.3, 0.4) is 0 Å². The Morgan fingerprint density at radius 2 is 2.06 bits per heavy atom. The molecular formula is C22H22N6O2S. The largest absolute Gasteiger partial charge is 0.324 e.